The molecule has 0 atom stereocenters. The van der Waals surface area contributed by atoms with Crippen molar-refractivity contribution in [2.45, 2.75) is 13.8 Å². The van der Waals surface area contributed by atoms with Crippen molar-refractivity contribution in [2.75, 3.05) is 10.6 Å². The van der Waals surface area contributed by atoms with Crippen molar-refractivity contribution in [1.29, 1.82) is 0 Å². The molecule has 0 aliphatic carbocycles. The number of amides is 1. The molecule has 0 saturated carbocycles. The van der Waals surface area contributed by atoms with Gasteiger partial charge in [0.15, 0.2) is 0 Å². The Bertz CT molecular complexity index is 887. The zero-order valence-electron chi connectivity index (χ0n) is 14.0. The Morgan fingerprint density at radius 1 is 0.960 bits per heavy atom. The number of benzene rings is 2. The molecular weight excluding hydrogens is 317 g/mol. The molecule has 0 fully saturated rings. The molecular formula is C20H18FN3O. The molecule has 0 radical (unpaired) electrons. The first-order valence-electron chi connectivity index (χ1n) is 7.90. The molecule has 25 heavy (non-hydrogen) atoms. The van der Waals surface area contributed by atoms with E-state index in [1.54, 1.807) is 24.3 Å². The highest BCUT2D eigenvalue weighted by Gasteiger charge is 2.11. The first-order chi connectivity index (χ1) is 12.0. The van der Waals surface area contributed by atoms with Crippen LogP contribution in [-0.4, -0.2) is 10.9 Å². The van der Waals surface area contributed by atoms with E-state index in [0.29, 0.717) is 11.5 Å². The molecule has 1 aromatic heterocycles. The van der Waals surface area contributed by atoms with Crippen molar-refractivity contribution in [3.8, 4) is 0 Å². The van der Waals surface area contributed by atoms with E-state index in [9.17, 15) is 9.18 Å². The van der Waals surface area contributed by atoms with Crippen LogP contribution < -0.4 is 10.6 Å². The monoisotopic (exact) mass is 335 g/mol. The Kier molecular flexibility index (Phi) is 4.75. The van der Waals surface area contributed by atoms with Gasteiger partial charge in [0, 0.05) is 5.69 Å². The zero-order chi connectivity index (χ0) is 17.8. The predicted octanol–water partition coefficient (Wildman–Crippen LogP) is 4.83. The molecule has 126 valence electrons. The van der Waals surface area contributed by atoms with Crippen molar-refractivity contribution < 1.29 is 9.18 Å². The van der Waals surface area contributed by atoms with Gasteiger partial charge in [0.05, 0.1) is 17.4 Å². The van der Waals surface area contributed by atoms with E-state index in [2.05, 4.69) is 15.6 Å². The Morgan fingerprint density at radius 2 is 1.68 bits per heavy atom. The molecule has 0 bridgehead atoms. The zero-order valence-corrected chi connectivity index (χ0v) is 14.0. The summed E-state index contributed by atoms with van der Waals surface area (Å²) in [6.07, 6.45) is 1.54. The lowest BCUT2D eigenvalue weighted by molar-refractivity contribution is 0.102. The Morgan fingerprint density at radius 3 is 2.32 bits per heavy atom. The summed E-state index contributed by atoms with van der Waals surface area (Å²) in [7, 11) is 0. The number of carbonyl (C=O) groups is 1. The van der Waals surface area contributed by atoms with Crippen LogP contribution in [-0.2, 0) is 0 Å². The minimum absolute atomic E-state index is 0.000219. The highest BCUT2D eigenvalue weighted by molar-refractivity contribution is 6.04. The van der Waals surface area contributed by atoms with Crippen LogP contribution in [0, 0.1) is 19.7 Å². The van der Waals surface area contributed by atoms with Gasteiger partial charge in [-0.2, -0.15) is 0 Å². The van der Waals surface area contributed by atoms with Gasteiger partial charge in [-0.15, -0.1) is 0 Å². The average molecular weight is 335 g/mol. The van der Waals surface area contributed by atoms with Crippen LogP contribution in [0.25, 0.3) is 0 Å². The van der Waals surface area contributed by atoms with Gasteiger partial charge in [-0.05, 0) is 49.2 Å². The maximum atomic E-state index is 13.6. The minimum Gasteiger partial charge on any atom is -0.340 e. The predicted molar refractivity (Wildman–Crippen MR) is 97.8 cm³/mol. The van der Waals surface area contributed by atoms with Gasteiger partial charge >= 0.3 is 0 Å². The highest BCUT2D eigenvalue weighted by atomic mass is 19.1. The van der Waals surface area contributed by atoms with Crippen LogP contribution in [0.5, 0.6) is 0 Å². The molecule has 1 amide bonds. The van der Waals surface area contributed by atoms with Crippen LogP contribution in [0.4, 0.5) is 21.6 Å². The molecule has 0 aliphatic heterocycles. The quantitative estimate of drug-likeness (QED) is 0.718. The number of para-hydroxylation sites is 1. The van der Waals surface area contributed by atoms with Gasteiger partial charge in [0.2, 0.25) is 0 Å². The Balaban J connectivity index is 1.72. The molecule has 0 aliphatic rings. The van der Waals surface area contributed by atoms with E-state index in [-0.39, 0.29) is 5.56 Å². The van der Waals surface area contributed by atoms with Gasteiger partial charge < -0.3 is 10.6 Å². The fraction of sp³-hybridized carbons (Fsp3) is 0.100. The maximum absolute atomic E-state index is 13.6. The number of rotatable bonds is 4. The number of hydrogen-bond donors (Lipinski definition) is 2. The molecule has 4 nitrogen and oxygen atoms in total. The summed E-state index contributed by atoms with van der Waals surface area (Å²) in [6.45, 7) is 4.05. The van der Waals surface area contributed by atoms with Crippen LogP contribution in [0.15, 0.2) is 60.8 Å². The summed E-state index contributed by atoms with van der Waals surface area (Å²) >= 11 is 0. The smallest absolute Gasteiger partial charge is 0.258 e. The number of carbonyl (C=O) groups excluding carboxylic acids is 1. The number of aromatic nitrogens is 1. The van der Waals surface area contributed by atoms with Gasteiger partial charge in [-0.3, -0.25) is 4.79 Å². The second-order valence-corrected chi connectivity index (χ2v) is 5.76. The number of nitrogens with one attached hydrogen (secondary N) is 2. The number of nitrogens with zero attached hydrogens (tertiary/aromatic N) is 1. The van der Waals surface area contributed by atoms with Crippen LogP contribution >= 0.6 is 0 Å². The van der Waals surface area contributed by atoms with Crippen molar-refractivity contribution >= 4 is 23.1 Å². The summed E-state index contributed by atoms with van der Waals surface area (Å²) in [5.41, 5.74) is 3.76. The molecule has 3 aromatic rings. The molecule has 2 N–H and O–H groups in total. The number of halogens is 1. The molecule has 1 heterocycles. The third-order valence-electron chi connectivity index (χ3n) is 3.87. The number of anilines is 3. The third kappa shape index (κ3) is 3.83. The molecule has 5 heteroatoms. The lowest BCUT2D eigenvalue weighted by Crippen LogP contribution is -2.13. The summed E-state index contributed by atoms with van der Waals surface area (Å²) < 4.78 is 13.6. The van der Waals surface area contributed by atoms with Gasteiger partial charge in [-0.25, -0.2) is 9.37 Å². The van der Waals surface area contributed by atoms with Crippen LogP contribution in [0.3, 0.4) is 0 Å². The van der Waals surface area contributed by atoms with E-state index < -0.39 is 11.7 Å². The second kappa shape index (κ2) is 7.13. The summed E-state index contributed by atoms with van der Waals surface area (Å²) in [4.78, 5) is 16.4. The summed E-state index contributed by atoms with van der Waals surface area (Å²) in [6, 6.07) is 15.4. The maximum Gasteiger partial charge on any atom is 0.258 e. The molecule has 3 rings (SSSR count). The van der Waals surface area contributed by atoms with Gasteiger partial charge in [0.1, 0.15) is 11.6 Å². The van der Waals surface area contributed by atoms with E-state index in [1.807, 2.05) is 32.0 Å². The van der Waals surface area contributed by atoms with Crippen molar-refractivity contribution in [3.05, 3.63) is 83.3 Å². The number of hydrogen-bond acceptors (Lipinski definition) is 3. The third-order valence-corrected chi connectivity index (χ3v) is 3.87. The van der Waals surface area contributed by atoms with E-state index in [1.165, 1.54) is 18.3 Å². The average Bonchev–Trinajstić information content (AvgIpc) is 2.60. The molecule has 2 aromatic carbocycles. The SMILES string of the molecule is Cc1cccc(C)c1Nc1ccc(NC(=O)c2ccccc2F)cn1. The normalized spacial score (nSPS) is 10.4. The molecule has 0 unspecified atom stereocenters. The summed E-state index contributed by atoms with van der Waals surface area (Å²) in [5, 5.41) is 5.92. The molecule has 0 spiro atoms. The van der Waals surface area contributed by atoms with E-state index in [0.717, 1.165) is 16.8 Å². The first kappa shape index (κ1) is 16.6. The summed E-state index contributed by atoms with van der Waals surface area (Å²) in [5.74, 6) is -0.391. The van der Waals surface area contributed by atoms with E-state index >= 15 is 0 Å². The standard InChI is InChI=1S/C20H18FN3O/c1-13-6-5-7-14(2)19(13)24-18-11-10-15(12-22-18)23-20(25)16-8-3-4-9-17(16)21/h3-12H,1-2H3,(H,22,24)(H,23,25). The Labute approximate surface area is 145 Å². The van der Waals surface area contributed by atoms with Crippen molar-refractivity contribution in [3.63, 3.8) is 0 Å². The van der Waals surface area contributed by atoms with Gasteiger partial charge in [-0.1, -0.05) is 30.3 Å². The highest BCUT2D eigenvalue weighted by Crippen LogP contribution is 2.23. The minimum atomic E-state index is -0.554. The lowest BCUT2D eigenvalue weighted by atomic mass is 10.1. The first-order valence-corrected chi connectivity index (χ1v) is 7.90. The fourth-order valence-corrected chi connectivity index (χ4v) is 2.53. The number of aryl methyl sites for hydroxylation is 2. The second-order valence-electron chi connectivity index (χ2n) is 5.76. The van der Waals surface area contributed by atoms with Crippen LogP contribution in [0.1, 0.15) is 21.5 Å². The van der Waals surface area contributed by atoms with E-state index in [4.69, 9.17) is 0 Å². The Hall–Kier alpha value is -3.21. The lowest BCUT2D eigenvalue weighted by Gasteiger charge is -2.12. The van der Waals surface area contributed by atoms with Gasteiger partial charge in [0.25, 0.3) is 5.91 Å². The van der Waals surface area contributed by atoms with Crippen molar-refractivity contribution in [2.24, 2.45) is 0 Å². The van der Waals surface area contributed by atoms with Crippen molar-refractivity contribution in [1.82, 2.24) is 4.98 Å². The topological polar surface area (TPSA) is 54.0 Å². The van der Waals surface area contributed by atoms with Crippen LogP contribution in [0.2, 0.25) is 0 Å². The largest absolute Gasteiger partial charge is 0.340 e. The number of pyridine rings is 1. The molecule has 0 saturated heterocycles. The fourth-order valence-electron chi connectivity index (χ4n) is 2.53.